The Morgan fingerprint density at radius 2 is 1.77 bits per heavy atom. The summed E-state index contributed by atoms with van der Waals surface area (Å²) in [7, 11) is 1.46. The van der Waals surface area contributed by atoms with Gasteiger partial charge in [-0.2, -0.15) is 0 Å². The van der Waals surface area contributed by atoms with Crippen LogP contribution in [0.1, 0.15) is 36.3 Å². The molecule has 184 valence electrons. The molecule has 2 fully saturated rings. The molecule has 1 saturated carbocycles. The normalized spacial score (nSPS) is 23.3. The number of carbonyl (C=O) groups is 3. The summed E-state index contributed by atoms with van der Waals surface area (Å²) in [6.45, 7) is 0.669. The van der Waals surface area contributed by atoms with Gasteiger partial charge in [0.15, 0.2) is 0 Å². The summed E-state index contributed by atoms with van der Waals surface area (Å²) in [6, 6.07) is 15.2. The number of aliphatic carboxylic acids is 1. The van der Waals surface area contributed by atoms with Gasteiger partial charge in [-0.25, -0.2) is 4.79 Å². The van der Waals surface area contributed by atoms with Gasteiger partial charge >= 0.3 is 12.1 Å². The van der Waals surface area contributed by atoms with Crippen molar-refractivity contribution in [3.8, 4) is 11.1 Å². The zero-order valence-electron chi connectivity index (χ0n) is 19.7. The summed E-state index contributed by atoms with van der Waals surface area (Å²) in [6.07, 6.45) is 1.53. The Hall–Kier alpha value is -3.39. The molecule has 8 heteroatoms. The molecule has 35 heavy (non-hydrogen) atoms. The molecule has 2 aromatic rings. The fourth-order valence-electron chi connectivity index (χ4n) is 6.15. The average Bonchev–Trinajstić information content (AvgIpc) is 3.52. The first-order valence-electron chi connectivity index (χ1n) is 12.1. The number of nitrogens with one attached hydrogen (secondary N) is 1. The Bertz CT molecular complexity index is 1100. The number of carbonyl (C=O) groups excluding carboxylic acids is 2. The zero-order valence-corrected chi connectivity index (χ0v) is 19.7. The van der Waals surface area contributed by atoms with Crippen LogP contribution in [0.4, 0.5) is 4.79 Å². The van der Waals surface area contributed by atoms with Crippen LogP contribution in [-0.2, 0) is 19.1 Å². The van der Waals surface area contributed by atoms with Gasteiger partial charge in [-0.05, 0) is 41.0 Å². The van der Waals surface area contributed by atoms with Gasteiger partial charge in [0.2, 0.25) is 5.91 Å². The number of hydrogen-bond acceptors (Lipinski definition) is 5. The van der Waals surface area contributed by atoms with Crippen molar-refractivity contribution >= 4 is 18.0 Å². The lowest BCUT2D eigenvalue weighted by molar-refractivity contribution is -0.149. The lowest BCUT2D eigenvalue weighted by Crippen LogP contribution is -2.51. The Labute approximate surface area is 204 Å². The molecule has 3 atom stereocenters. The predicted molar refractivity (Wildman–Crippen MR) is 128 cm³/mol. The quantitative estimate of drug-likeness (QED) is 0.633. The second-order valence-corrected chi connectivity index (χ2v) is 9.75. The number of ether oxygens (including phenoxy) is 2. The Morgan fingerprint density at radius 3 is 2.37 bits per heavy atom. The minimum absolute atomic E-state index is 0.0235. The standard InChI is InChI=1S/C27H30N2O6/c1-34-15-23(24(30)29-13-17-7-6-12-27(17,16-29)25(31)32)28-26(33)35-14-22-20-10-4-2-8-18(20)19-9-3-5-11-21(19)22/h2-5,8-11,17,22-23H,6-7,12-16H2,1H3,(H,28,33)(H,31,32). The summed E-state index contributed by atoms with van der Waals surface area (Å²) in [5.41, 5.74) is 3.60. The van der Waals surface area contributed by atoms with Gasteiger partial charge in [-0.15, -0.1) is 0 Å². The van der Waals surface area contributed by atoms with Crippen LogP contribution >= 0.6 is 0 Å². The van der Waals surface area contributed by atoms with E-state index in [2.05, 4.69) is 17.4 Å². The number of nitrogens with zero attached hydrogens (tertiary/aromatic N) is 1. The average molecular weight is 479 g/mol. The van der Waals surface area contributed by atoms with Crippen LogP contribution in [0.2, 0.25) is 0 Å². The van der Waals surface area contributed by atoms with Crippen LogP contribution in [0.5, 0.6) is 0 Å². The molecule has 0 spiro atoms. The molecule has 2 aliphatic carbocycles. The Balaban J connectivity index is 1.24. The van der Waals surface area contributed by atoms with E-state index in [-0.39, 0.29) is 37.5 Å². The minimum Gasteiger partial charge on any atom is -0.481 e. The number of amides is 2. The van der Waals surface area contributed by atoms with E-state index < -0.39 is 23.5 Å². The molecule has 5 rings (SSSR count). The van der Waals surface area contributed by atoms with Crippen molar-refractivity contribution in [1.29, 1.82) is 0 Å². The largest absolute Gasteiger partial charge is 0.481 e. The first-order valence-corrected chi connectivity index (χ1v) is 12.1. The highest BCUT2D eigenvalue weighted by Gasteiger charge is 2.56. The Kier molecular flexibility index (Phi) is 6.23. The van der Waals surface area contributed by atoms with Gasteiger partial charge in [-0.3, -0.25) is 9.59 Å². The molecule has 0 radical (unpaired) electrons. The van der Waals surface area contributed by atoms with Gasteiger partial charge in [0.25, 0.3) is 0 Å². The molecule has 2 amide bonds. The van der Waals surface area contributed by atoms with Crippen LogP contribution in [0.3, 0.4) is 0 Å². The summed E-state index contributed by atoms with van der Waals surface area (Å²) in [5, 5.41) is 12.5. The molecule has 1 aliphatic heterocycles. The molecule has 0 aromatic heterocycles. The smallest absolute Gasteiger partial charge is 0.407 e. The van der Waals surface area contributed by atoms with E-state index in [1.807, 2.05) is 36.4 Å². The second kappa shape index (κ2) is 9.34. The van der Waals surface area contributed by atoms with Crippen molar-refractivity contribution in [3.63, 3.8) is 0 Å². The number of carboxylic acid groups (broad SMARTS) is 1. The number of fused-ring (bicyclic) bond motifs is 4. The van der Waals surface area contributed by atoms with E-state index in [9.17, 15) is 19.5 Å². The van der Waals surface area contributed by atoms with Crippen LogP contribution in [-0.4, -0.2) is 67.4 Å². The van der Waals surface area contributed by atoms with Crippen molar-refractivity contribution in [3.05, 3.63) is 59.7 Å². The third kappa shape index (κ3) is 4.05. The number of carboxylic acids is 1. The van der Waals surface area contributed by atoms with E-state index in [4.69, 9.17) is 9.47 Å². The lowest BCUT2D eigenvalue weighted by Gasteiger charge is -2.26. The van der Waals surface area contributed by atoms with Crippen LogP contribution < -0.4 is 5.32 Å². The molecular weight excluding hydrogens is 448 g/mol. The minimum atomic E-state index is -0.944. The monoisotopic (exact) mass is 478 g/mol. The number of likely N-dealkylation sites (tertiary alicyclic amines) is 1. The SMILES string of the molecule is COCC(NC(=O)OCC1c2ccccc2-c2ccccc21)C(=O)N1CC2CCCC2(C(=O)O)C1. The molecule has 0 bridgehead atoms. The van der Waals surface area contributed by atoms with Crippen molar-refractivity contribution in [2.75, 3.05) is 33.4 Å². The fraction of sp³-hybridized carbons (Fsp3) is 0.444. The molecule has 1 saturated heterocycles. The highest BCUT2D eigenvalue weighted by atomic mass is 16.5. The molecule has 8 nitrogen and oxygen atoms in total. The molecule has 3 unspecified atom stereocenters. The van der Waals surface area contributed by atoms with Crippen molar-refractivity contribution < 1.29 is 29.0 Å². The van der Waals surface area contributed by atoms with Gasteiger partial charge in [-0.1, -0.05) is 55.0 Å². The number of methoxy groups -OCH3 is 1. The van der Waals surface area contributed by atoms with Gasteiger partial charge < -0.3 is 24.8 Å². The predicted octanol–water partition coefficient (Wildman–Crippen LogP) is 3.25. The second-order valence-electron chi connectivity index (χ2n) is 9.75. The van der Waals surface area contributed by atoms with Crippen LogP contribution in [0, 0.1) is 11.3 Å². The van der Waals surface area contributed by atoms with Crippen LogP contribution in [0.15, 0.2) is 48.5 Å². The van der Waals surface area contributed by atoms with Crippen molar-refractivity contribution in [1.82, 2.24) is 10.2 Å². The van der Waals surface area contributed by atoms with Crippen LogP contribution in [0.25, 0.3) is 11.1 Å². The van der Waals surface area contributed by atoms with E-state index in [0.29, 0.717) is 13.0 Å². The zero-order chi connectivity index (χ0) is 24.6. The summed E-state index contributed by atoms with van der Waals surface area (Å²) < 4.78 is 10.8. The molecule has 1 heterocycles. The van der Waals surface area contributed by atoms with Crippen molar-refractivity contribution in [2.45, 2.75) is 31.2 Å². The first-order chi connectivity index (χ1) is 16.9. The number of hydrogen-bond donors (Lipinski definition) is 2. The maximum absolute atomic E-state index is 13.2. The molecular formula is C27H30N2O6. The van der Waals surface area contributed by atoms with Gasteiger partial charge in [0.1, 0.15) is 12.6 Å². The van der Waals surface area contributed by atoms with E-state index in [0.717, 1.165) is 35.1 Å². The fourth-order valence-corrected chi connectivity index (χ4v) is 6.15. The van der Waals surface area contributed by atoms with Gasteiger partial charge in [0.05, 0.1) is 12.0 Å². The molecule has 2 N–H and O–H groups in total. The van der Waals surface area contributed by atoms with E-state index in [1.54, 1.807) is 4.90 Å². The third-order valence-electron chi connectivity index (χ3n) is 7.88. The summed E-state index contributed by atoms with van der Waals surface area (Å²) in [4.78, 5) is 39.5. The number of alkyl carbamates (subject to hydrolysis) is 1. The first kappa shape index (κ1) is 23.4. The summed E-state index contributed by atoms with van der Waals surface area (Å²) >= 11 is 0. The molecule has 2 aromatic carbocycles. The maximum atomic E-state index is 13.2. The van der Waals surface area contributed by atoms with Crippen molar-refractivity contribution in [2.24, 2.45) is 11.3 Å². The maximum Gasteiger partial charge on any atom is 0.407 e. The third-order valence-corrected chi connectivity index (χ3v) is 7.88. The molecule has 3 aliphatic rings. The summed E-state index contributed by atoms with van der Waals surface area (Å²) in [5.74, 6) is -1.32. The van der Waals surface area contributed by atoms with Gasteiger partial charge in [0, 0.05) is 26.1 Å². The highest BCUT2D eigenvalue weighted by molar-refractivity contribution is 5.88. The highest BCUT2D eigenvalue weighted by Crippen LogP contribution is 2.49. The lowest BCUT2D eigenvalue weighted by atomic mass is 9.81. The van der Waals surface area contributed by atoms with E-state index in [1.165, 1.54) is 7.11 Å². The van der Waals surface area contributed by atoms with E-state index >= 15 is 0 Å². The Morgan fingerprint density at radius 1 is 1.11 bits per heavy atom. The topological polar surface area (TPSA) is 105 Å². The number of rotatable bonds is 7. The number of benzene rings is 2.